The summed E-state index contributed by atoms with van der Waals surface area (Å²) in [6.07, 6.45) is 0. The first-order valence-electron chi connectivity index (χ1n) is 5.06. The molecule has 6 heteroatoms. The minimum absolute atomic E-state index is 0.177. The van der Waals surface area contributed by atoms with Crippen molar-refractivity contribution in [3.8, 4) is 5.75 Å². The monoisotopic (exact) mass is 249 g/mol. The predicted octanol–water partition coefficient (Wildman–Crippen LogP) is 1.81. The summed E-state index contributed by atoms with van der Waals surface area (Å²) in [5.41, 5.74) is 0.177. The highest BCUT2D eigenvalue weighted by molar-refractivity contribution is 5.29. The van der Waals surface area contributed by atoms with Gasteiger partial charge in [0.25, 0.3) is 5.92 Å². The Labute approximate surface area is 96.9 Å². The number of nitrogens with one attached hydrogen (secondary N) is 1. The van der Waals surface area contributed by atoms with E-state index in [9.17, 15) is 13.2 Å². The first-order valence-corrected chi connectivity index (χ1v) is 5.06. The van der Waals surface area contributed by atoms with Crippen molar-refractivity contribution in [1.29, 1.82) is 0 Å². The number of phenols is 1. The summed E-state index contributed by atoms with van der Waals surface area (Å²) in [4.78, 5) is 0. The van der Waals surface area contributed by atoms with Crippen LogP contribution in [0.1, 0.15) is 18.5 Å². The smallest absolute Gasteiger partial charge is 0.282 e. The Kier molecular flexibility index (Phi) is 4.36. The molecular formula is C11H14F3NO2. The lowest BCUT2D eigenvalue weighted by Gasteiger charge is -2.19. The van der Waals surface area contributed by atoms with Crippen LogP contribution in [0.5, 0.6) is 5.75 Å². The number of alkyl halides is 2. The van der Waals surface area contributed by atoms with Gasteiger partial charge in [0, 0.05) is 17.7 Å². The Balaban J connectivity index is 2.67. The molecule has 0 saturated heterocycles. The van der Waals surface area contributed by atoms with Gasteiger partial charge in [-0.3, -0.25) is 0 Å². The molecule has 3 nitrogen and oxygen atoms in total. The molecule has 1 unspecified atom stereocenters. The van der Waals surface area contributed by atoms with Crippen LogP contribution in [0.3, 0.4) is 0 Å². The molecule has 0 aliphatic carbocycles. The number of hydrogen-bond acceptors (Lipinski definition) is 3. The third-order valence-corrected chi connectivity index (χ3v) is 2.35. The van der Waals surface area contributed by atoms with Gasteiger partial charge >= 0.3 is 0 Å². The first kappa shape index (κ1) is 13.8. The lowest BCUT2D eigenvalue weighted by molar-refractivity contribution is -0.0491. The van der Waals surface area contributed by atoms with Gasteiger partial charge in [-0.2, -0.15) is 0 Å². The van der Waals surface area contributed by atoms with E-state index in [-0.39, 0.29) is 11.3 Å². The quantitative estimate of drug-likeness (QED) is 0.746. The summed E-state index contributed by atoms with van der Waals surface area (Å²) in [5, 5.41) is 19.8. The van der Waals surface area contributed by atoms with Crippen molar-refractivity contribution >= 4 is 0 Å². The number of aliphatic hydroxyl groups is 1. The minimum Gasteiger partial charge on any atom is -0.508 e. The van der Waals surface area contributed by atoms with Crippen LogP contribution in [0.4, 0.5) is 13.2 Å². The second-order valence-corrected chi connectivity index (χ2v) is 3.82. The third-order valence-electron chi connectivity index (χ3n) is 2.35. The topological polar surface area (TPSA) is 52.5 Å². The molecule has 0 radical (unpaired) electrons. The van der Waals surface area contributed by atoms with Crippen molar-refractivity contribution in [3.63, 3.8) is 0 Å². The molecule has 1 atom stereocenters. The van der Waals surface area contributed by atoms with Crippen LogP contribution < -0.4 is 5.32 Å². The standard InChI is InChI=1S/C11H14F3NO2/c1-7(15-5-11(13,14)6-16)9-3-2-8(17)4-10(9)12/h2-4,7,15-17H,5-6H2,1H3. The van der Waals surface area contributed by atoms with Crippen molar-refractivity contribution in [2.45, 2.75) is 18.9 Å². The van der Waals surface area contributed by atoms with Crippen molar-refractivity contribution in [3.05, 3.63) is 29.6 Å². The average Bonchev–Trinajstić information content (AvgIpc) is 2.26. The number of aromatic hydroxyl groups is 1. The molecule has 0 aliphatic rings. The van der Waals surface area contributed by atoms with Gasteiger partial charge in [-0.1, -0.05) is 6.07 Å². The number of halogens is 3. The molecular weight excluding hydrogens is 235 g/mol. The van der Waals surface area contributed by atoms with E-state index in [1.807, 2.05) is 0 Å². The van der Waals surface area contributed by atoms with E-state index < -0.39 is 30.9 Å². The van der Waals surface area contributed by atoms with E-state index in [1.165, 1.54) is 19.1 Å². The molecule has 17 heavy (non-hydrogen) atoms. The highest BCUT2D eigenvalue weighted by Crippen LogP contribution is 2.21. The molecule has 1 aromatic rings. The van der Waals surface area contributed by atoms with E-state index >= 15 is 0 Å². The van der Waals surface area contributed by atoms with Crippen LogP contribution in [0.25, 0.3) is 0 Å². The lowest BCUT2D eigenvalue weighted by Crippen LogP contribution is -2.37. The molecule has 0 amide bonds. The number of phenolic OH excluding ortho intramolecular Hbond substituents is 1. The summed E-state index contributed by atoms with van der Waals surface area (Å²) < 4.78 is 38.9. The minimum atomic E-state index is -3.23. The van der Waals surface area contributed by atoms with Crippen LogP contribution in [0.2, 0.25) is 0 Å². The Morgan fingerprint density at radius 3 is 2.59 bits per heavy atom. The summed E-state index contributed by atoms with van der Waals surface area (Å²) >= 11 is 0. The molecule has 1 aromatic carbocycles. The molecule has 3 N–H and O–H groups in total. The zero-order valence-corrected chi connectivity index (χ0v) is 9.25. The summed E-state index contributed by atoms with van der Waals surface area (Å²) in [7, 11) is 0. The molecule has 0 spiro atoms. The molecule has 0 fully saturated rings. The SMILES string of the molecule is CC(NCC(F)(F)CO)c1ccc(O)cc1F. The molecule has 0 bridgehead atoms. The van der Waals surface area contributed by atoms with Gasteiger partial charge in [0.1, 0.15) is 18.2 Å². The molecule has 1 rings (SSSR count). The number of benzene rings is 1. The number of rotatable bonds is 5. The van der Waals surface area contributed by atoms with E-state index in [0.717, 1.165) is 6.07 Å². The van der Waals surface area contributed by atoms with Crippen LogP contribution in [-0.4, -0.2) is 29.3 Å². The highest BCUT2D eigenvalue weighted by Gasteiger charge is 2.28. The van der Waals surface area contributed by atoms with E-state index in [0.29, 0.717) is 0 Å². The Morgan fingerprint density at radius 1 is 1.41 bits per heavy atom. The van der Waals surface area contributed by atoms with E-state index in [1.54, 1.807) is 0 Å². The van der Waals surface area contributed by atoms with Crippen LogP contribution in [0, 0.1) is 5.82 Å². The van der Waals surface area contributed by atoms with Crippen LogP contribution in [-0.2, 0) is 0 Å². The van der Waals surface area contributed by atoms with Gasteiger partial charge in [-0.05, 0) is 13.0 Å². The predicted molar refractivity (Wildman–Crippen MR) is 56.5 cm³/mol. The van der Waals surface area contributed by atoms with Crippen molar-refractivity contribution in [2.75, 3.05) is 13.2 Å². The average molecular weight is 249 g/mol. The summed E-state index contributed by atoms with van der Waals surface area (Å²) in [6, 6.07) is 2.87. The van der Waals surface area contributed by atoms with Gasteiger partial charge in [-0.25, -0.2) is 13.2 Å². The summed E-state index contributed by atoms with van der Waals surface area (Å²) in [6.45, 7) is -0.487. The van der Waals surface area contributed by atoms with Gasteiger partial charge in [0.2, 0.25) is 0 Å². The molecule has 0 saturated carbocycles. The van der Waals surface area contributed by atoms with E-state index in [2.05, 4.69) is 5.32 Å². The normalized spacial score (nSPS) is 13.7. The fourth-order valence-corrected chi connectivity index (χ4v) is 1.34. The van der Waals surface area contributed by atoms with Gasteiger partial charge in [-0.15, -0.1) is 0 Å². The largest absolute Gasteiger partial charge is 0.508 e. The maximum absolute atomic E-state index is 13.4. The summed E-state index contributed by atoms with van der Waals surface area (Å²) in [5.74, 6) is -4.13. The highest BCUT2D eigenvalue weighted by atomic mass is 19.3. The molecule has 0 heterocycles. The van der Waals surface area contributed by atoms with Crippen molar-refractivity contribution < 1.29 is 23.4 Å². The third kappa shape index (κ3) is 3.90. The number of aliphatic hydroxyl groups excluding tert-OH is 1. The molecule has 0 aliphatic heterocycles. The molecule has 0 aromatic heterocycles. The Bertz CT molecular complexity index is 385. The van der Waals surface area contributed by atoms with Crippen molar-refractivity contribution in [1.82, 2.24) is 5.32 Å². The van der Waals surface area contributed by atoms with E-state index in [4.69, 9.17) is 10.2 Å². The maximum Gasteiger partial charge on any atom is 0.282 e. The van der Waals surface area contributed by atoms with Crippen molar-refractivity contribution in [2.24, 2.45) is 0 Å². The lowest BCUT2D eigenvalue weighted by atomic mass is 10.1. The van der Waals surface area contributed by atoms with Crippen LogP contribution >= 0.6 is 0 Å². The van der Waals surface area contributed by atoms with Gasteiger partial charge < -0.3 is 15.5 Å². The zero-order chi connectivity index (χ0) is 13.1. The van der Waals surface area contributed by atoms with Crippen LogP contribution in [0.15, 0.2) is 18.2 Å². The second kappa shape index (κ2) is 5.37. The zero-order valence-electron chi connectivity index (χ0n) is 9.25. The first-order chi connectivity index (χ1) is 7.85. The fourth-order valence-electron chi connectivity index (χ4n) is 1.34. The molecule has 96 valence electrons. The fraction of sp³-hybridized carbons (Fsp3) is 0.455. The van der Waals surface area contributed by atoms with Gasteiger partial charge in [0.05, 0.1) is 6.54 Å². The Hall–Kier alpha value is -1.27. The van der Waals surface area contributed by atoms with Gasteiger partial charge in [0.15, 0.2) is 0 Å². The second-order valence-electron chi connectivity index (χ2n) is 3.82. The maximum atomic E-state index is 13.4. The Morgan fingerprint density at radius 2 is 2.06 bits per heavy atom. The number of hydrogen-bond donors (Lipinski definition) is 3.